The first-order valence-corrected chi connectivity index (χ1v) is 7.27. The summed E-state index contributed by atoms with van der Waals surface area (Å²) < 4.78 is 0. The number of carbonyl (C=O) groups is 3. The molecule has 0 radical (unpaired) electrons. The normalized spacial score (nSPS) is 20.9. The molecule has 5 nitrogen and oxygen atoms in total. The molecule has 1 heterocycles. The number of urea groups is 1. The molecule has 4 amide bonds. The van der Waals surface area contributed by atoms with Crippen molar-refractivity contribution in [2.45, 2.75) is 54.4 Å². The van der Waals surface area contributed by atoms with Crippen LogP contribution < -0.4 is 5.32 Å². The number of nitrogens with zero attached hydrogens (tertiary/aromatic N) is 1. The van der Waals surface area contributed by atoms with Crippen molar-refractivity contribution in [1.82, 2.24) is 10.2 Å². The van der Waals surface area contributed by atoms with E-state index in [4.69, 9.17) is 0 Å². The van der Waals surface area contributed by atoms with Gasteiger partial charge >= 0.3 is 6.03 Å². The molecule has 114 valence electrons. The van der Waals surface area contributed by atoms with Gasteiger partial charge in [0.1, 0.15) is 5.41 Å². The number of imide groups is 2. The SMILES string of the molecule is CCC1(CC)C(=O)NC(=O)N(CC(C)C(C)(C)C)C1=O. The van der Waals surface area contributed by atoms with Crippen LogP contribution in [-0.4, -0.2) is 29.3 Å². The van der Waals surface area contributed by atoms with E-state index < -0.39 is 17.4 Å². The van der Waals surface area contributed by atoms with Gasteiger partial charge in [0.25, 0.3) is 0 Å². The summed E-state index contributed by atoms with van der Waals surface area (Å²) in [6.07, 6.45) is 0.809. The van der Waals surface area contributed by atoms with Crippen LogP contribution in [-0.2, 0) is 9.59 Å². The number of carbonyl (C=O) groups excluding carboxylic acids is 3. The van der Waals surface area contributed by atoms with Crippen LogP contribution in [0, 0.1) is 16.7 Å². The van der Waals surface area contributed by atoms with Gasteiger partial charge in [-0.25, -0.2) is 4.79 Å². The van der Waals surface area contributed by atoms with Crippen LogP contribution in [0.15, 0.2) is 0 Å². The number of amides is 4. The molecule has 0 spiro atoms. The van der Waals surface area contributed by atoms with Crippen LogP contribution >= 0.6 is 0 Å². The Labute approximate surface area is 121 Å². The summed E-state index contributed by atoms with van der Waals surface area (Å²) in [6.45, 7) is 12.2. The van der Waals surface area contributed by atoms with Gasteiger partial charge in [-0.2, -0.15) is 0 Å². The summed E-state index contributed by atoms with van der Waals surface area (Å²) in [4.78, 5) is 37.9. The Hall–Kier alpha value is -1.39. The second-order valence-corrected chi connectivity index (χ2v) is 6.73. The maximum Gasteiger partial charge on any atom is 0.330 e. The van der Waals surface area contributed by atoms with Crippen molar-refractivity contribution in [3.63, 3.8) is 0 Å². The Morgan fingerprint density at radius 1 is 1.15 bits per heavy atom. The highest BCUT2D eigenvalue weighted by Gasteiger charge is 2.51. The lowest BCUT2D eigenvalue weighted by Gasteiger charge is -2.40. The van der Waals surface area contributed by atoms with Crippen LogP contribution in [0.1, 0.15) is 54.4 Å². The maximum atomic E-state index is 12.6. The third-order valence-electron chi connectivity index (χ3n) is 4.70. The Kier molecular flexibility index (Phi) is 4.62. The van der Waals surface area contributed by atoms with E-state index in [-0.39, 0.29) is 17.2 Å². The molecule has 0 saturated carbocycles. The first kappa shape index (κ1) is 16.7. The molecule has 0 aromatic heterocycles. The standard InChI is InChI=1S/C15H26N2O3/c1-7-15(8-2)11(18)16-13(20)17(12(15)19)9-10(3)14(4,5)6/h10H,7-9H2,1-6H3,(H,16,18,20). The van der Waals surface area contributed by atoms with E-state index in [1.807, 2.05) is 20.8 Å². The smallest absolute Gasteiger partial charge is 0.277 e. The number of hydrogen-bond acceptors (Lipinski definition) is 3. The minimum absolute atomic E-state index is 0.0108. The second-order valence-electron chi connectivity index (χ2n) is 6.73. The van der Waals surface area contributed by atoms with Crippen LogP contribution in [0.4, 0.5) is 4.79 Å². The lowest BCUT2D eigenvalue weighted by molar-refractivity contribution is -0.152. The molecule has 0 bridgehead atoms. The summed E-state index contributed by atoms with van der Waals surface area (Å²) in [5.74, 6) is -0.665. The second kappa shape index (κ2) is 5.54. The Balaban J connectivity index is 3.05. The predicted octanol–water partition coefficient (Wildman–Crippen LogP) is 2.55. The number of nitrogens with one attached hydrogen (secondary N) is 1. The summed E-state index contributed by atoms with van der Waals surface area (Å²) in [5, 5.41) is 2.34. The molecule has 1 fully saturated rings. The summed E-state index contributed by atoms with van der Waals surface area (Å²) in [7, 11) is 0. The summed E-state index contributed by atoms with van der Waals surface area (Å²) in [6, 6.07) is -0.589. The molecule has 1 N–H and O–H groups in total. The van der Waals surface area contributed by atoms with Gasteiger partial charge in [0.15, 0.2) is 0 Å². The van der Waals surface area contributed by atoms with Gasteiger partial charge in [0.05, 0.1) is 0 Å². The average Bonchev–Trinajstić information content (AvgIpc) is 2.34. The quantitative estimate of drug-likeness (QED) is 0.806. The van der Waals surface area contributed by atoms with Crippen molar-refractivity contribution < 1.29 is 14.4 Å². The molecule has 1 aliphatic heterocycles. The van der Waals surface area contributed by atoms with Crippen molar-refractivity contribution in [3.05, 3.63) is 0 Å². The Morgan fingerprint density at radius 3 is 2.05 bits per heavy atom. The molecule has 1 rings (SSSR count). The molecule has 0 aromatic rings. The lowest BCUT2D eigenvalue weighted by Crippen LogP contribution is -2.64. The minimum Gasteiger partial charge on any atom is -0.277 e. The number of barbiturate groups is 1. The van der Waals surface area contributed by atoms with Crippen molar-refractivity contribution in [2.75, 3.05) is 6.54 Å². The topological polar surface area (TPSA) is 66.5 Å². The summed E-state index contributed by atoms with van der Waals surface area (Å²) in [5.41, 5.74) is -1.10. The highest BCUT2D eigenvalue weighted by atomic mass is 16.2. The monoisotopic (exact) mass is 282 g/mol. The fraction of sp³-hybridized carbons (Fsp3) is 0.800. The fourth-order valence-corrected chi connectivity index (χ4v) is 2.32. The van der Waals surface area contributed by atoms with E-state index in [0.717, 1.165) is 0 Å². The van der Waals surface area contributed by atoms with Crippen LogP contribution in [0.3, 0.4) is 0 Å². The van der Waals surface area contributed by atoms with E-state index >= 15 is 0 Å². The molecule has 1 saturated heterocycles. The van der Waals surface area contributed by atoms with Crippen LogP contribution in [0.5, 0.6) is 0 Å². The molecule has 0 aliphatic carbocycles. The largest absolute Gasteiger partial charge is 0.330 e. The van der Waals surface area contributed by atoms with E-state index in [1.165, 1.54) is 4.90 Å². The number of hydrogen-bond donors (Lipinski definition) is 1. The van der Waals surface area contributed by atoms with Gasteiger partial charge in [-0.05, 0) is 24.2 Å². The van der Waals surface area contributed by atoms with Gasteiger partial charge in [-0.15, -0.1) is 0 Å². The molecular formula is C15H26N2O3. The molecular weight excluding hydrogens is 256 g/mol. The minimum atomic E-state index is -1.09. The van der Waals surface area contributed by atoms with Gasteiger partial charge in [0.2, 0.25) is 11.8 Å². The van der Waals surface area contributed by atoms with Gasteiger partial charge in [-0.3, -0.25) is 19.8 Å². The summed E-state index contributed by atoms with van der Waals surface area (Å²) >= 11 is 0. The van der Waals surface area contributed by atoms with Crippen LogP contribution in [0.25, 0.3) is 0 Å². The van der Waals surface area contributed by atoms with E-state index in [0.29, 0.717) is 19.4 Å². The fourth-order valence-electron chi connectivity index (χ4n) is 2.32. The highest BCUT2D eigenvalue weighted by molar-refractivity contribution is 6.19. The van der Waals surface area contributed by atoms with Gasteiger partial charge in [0, 0.05) is 6.54 Å². The van der Waals surface area contributed by atoms with E-state index in [1.54, 1.807) is 0 Å². The van der Waals surface area contributed by atoms with Crippen molar-refractivity contribution in [1.29, 1.82) is 0 Å². The zero-order chi connectivity index (χ0) is 15.7. The zero-order valence-electron chi connectivity index (χ0n) is 13.4. The highest BCUT2D eigenvalue weighted by Crippen LogP contribution is 2.34. The van der Waals surface area contributed by atoms with Crippen molar-refractivity contribution in [2.24, 2.45) is 16.7 Å². The van der Waals surface area contributed by atoms with Gasteiger partial charge in [-0.1, -0.05) is 41.5 Å². The lowest BCUT2D eigenvalue weighted by atomic mass is 9.77. The number of rotatable bonds is 4. The molecule has 1 aliphatic rings. The van der Waals surface area contributed by atoms with Crippen molar-refractivity contribution in [3.8, 4) is 0 Å². The molecule has 1 atom stereocenters. The average molecular weight is 282 g/mol. The molecule has 0 aromatic carbocycles. The first-order chi connectivity index (χ1) is 9.10. The first-order valence-electron chi connectivity index (χ1n) is 7.27. The molecule has 1 unspecified atom stereocenters. The van der Waals surface area contributed by atoms with Crippen LogP contribution in [0.2, 0.25) is 0 Å². The predicted molar refractivity (Wildman–Crippen MR) is 76.9 cm³/mol. The third-order valence-corrected chi connectivity index (χ3v) is 4.70. The molecule has 5 heteroatoms. The Bertz CT molecular complexity index is 419. The third kappa shape index (κ3) is 2.72. The van der Waals surface area contributed by atoms with Gasteiger partial charge < -0.3 is 0 Å². The zero-order valence-corrected chi connectivity index (χ0v) is 13.4. The van der Waals surface area contributed by atoms with Crippen molar-refractivity contribution >= 4 is 17.8 Å². The van der Waals surface area contributed by atoms with E-state index in [9.17, 15) is 14.4 Å². The van der Waals surface area contributed by atoms with E-state index in [2.05, 4.69) is 26.1 Å². The Morgan fingerprint density at radius 2 is 1.65 bits per heavy atom. The molecule has 20 heavy (non-hydrogen) atoms. The maximum absolute atomic E-state index is 12.6.